The van der Waals surface area contributed by atoms with Gasteiger partial charge in [-0.2, -0.15) is 4.31 Å². The van der Waals surface area contributed by atoms with E-state index in [0.717, 1.165) is 11.3 Å². The summed E-state index contributed by atoms with van der Waals surface area (Å²) in [5.74, 6) is -0.0810. The highest BCUT2D eigenvalue weighted by Crippen LogP contribution is 2.34. The molecule has 0 saturated carbocycles. The molecule has 1 saturated heterocycles. The van der Waals surface area contributed by atoms with Gasteiger partial charge in [0, 0.05) is 31.4 Å². The van der Waals surface area contributed by atoms with Gasteiger partial charge in [-0.25, -0.2) is 8.42 Å². The first-order valence-corrected chi connectivity index (χ1v) is 9.56. The lowest BCUT2D eigenvalue weighted by Gasteiger charge is -2.21. The molecule has 0 bridgehead atoms. The number of carbonyl (C=O) groups excluding carboxylic acids is 1. The van der Waals surface area contributed by atoms with Gasteiger partial charge in [-0.15, -0.1) is 23.7 Å². The normalized spacial score (nSPS) is 21.9. The van der Waals surface area contributed by atoms with E-state index in [-0.39, 0.29) is 23.7 Å². The molecule has 3 N–H and O–H groups in total. The minimum atomic E-state index is -3.43. The van der Waals surface area contributed by atoms with Gasteiger partial charge in [0.2, 0.25) is 5.91 Å². The van der Waals surface area contributed by atoms with Crippen LogP contribution in [0.15, 0.2) is 16.3 Å². The van der Waals surface area contributed by atoms with Crippen LogP contribution in [0.2, 0.25) is 0 Å². The lowest BCUT2D eigenvalue weighted by atomic mass is 9.90. The van der Waals surface area contributed by atoms with Crippen LogP contribution in [-0.4, -0.2) is 44.8 Å². The van der Waals surface area contributed by atoms with Crippen LogP contribution in [-0.2, 0) is 21.2 Å². The summed E-state index contributed by atoms with van der Waals surface area (Å²) >= 11 is 1.27. The van der Waals surface area contributed by atoms with E-state index in [1.165, 1.54) is 22.6 Å². The zero-order chi connectivity index (χ0) is 16.4. The van der Waals surface area contributed by atoms with Crippen LogP contribution >= 0.6 is 23.7 Å². The summed E-state index contributed by atoms with van der Waals surface area (Å²) in [7, 11) is -3.43. The number of thiophene rings is 1. The van der Waals surface area contributed by atoms with Crippen molar-refractivity contribution in [3.63, 3.8) is 0 Å². The third-order valence-electron chi connectivity index (χ3n) is 3.99. The van der Waals surface area contributed by atoms with Crippen molar-refractivity contribution >= 4 is 39.7 Å². The molecule has 1 atom stereocenters. The van der Waals surface area contributed by atoms with E-state index in [0.29, 0.717) is 36.8 Å². The average Bonchev–Trinajstić information content (AvgIpc) is 3.06. The Balaban J connectivity index is 0.00000264. The molecule has 9 heteroatoms. The highest BCUT2D eigenvalue weighted by molar-refractivity contribution is 7.91. The lowest BCUT2D eigenvalue weighted by molar-refractivity contribution is -0.118. The Morgan fingerprint density at radius 1 is 1.48 bits per heavy atom. The summed E-state index contributed by atoms with van der Waals surface area (Å²) in [6.45, 7) is 5.50. The van der Waals surface area contributed by atoms with Gasteiger partial charge in [0.15, 0.2) is 0 Å². The molecule has 0 radical (unpaired) electrons. The molecule has 23 heavy (non-hydrogen) atoms. The van der Waals surface area contributed by atoms with Gasteiger partial charge in [-0.1, -0.05) is 6.92 Å². The zero-order valence-corrected chi connectivity index (χ0v) is 15.8. The van der Waals surface area contributed by atoms with Crippen LogP contribution in [0.1, 0.15) is 25.1 Å². The Bertz CT molecular complexity index is 647. The van der Waals surface area contributed by atoms with E-state index in [9.17, 15) is 13.2 Å². The van der Waals surface area contributed by atoms with E-state index in [2.05, 4.69) is 5.32 Å². The highest BCUT2D eigenvalue weighted by Gasteiger charge is 2.39. The van der Waals surface area contributed by atoms with Crippen LogP contribution in [0.25, 0.3) is 0 Å². The van der Waals surface area contributed by atoms with Crippen LogP contribution in [0, 0.1) is 5.41 Å². The molecule has 1 unspecified atom stereocenters. The average molecular weight is 382 g/mol. The quantitative estimate of drug-likeness (QED) is 0.774. The SMILES string of the molecule is CC(=O)NCCc1ccc(S(=O)(=O)N2CCC(C)(CN)C2)s1.Cl. The standard InChI is InChI=1S/C14H23N3O3S2.ClH/c1-11(18)16-7-5-12-3-4-13(21-12)22(19,20)17-8-6-14(2,9-15)10-17;/h3-4H,5-10,15H2,1-2H3,(H,16,18);1H. The minimum absolute atomic E-state index is 0. The van der Waals surface area contributed by atoms with Crippen molar-refractivity contribution in [2.24, 2.45) is 11.1 Å². The third-order valence-corrected chi connectivity index (χ3v) is 7.45. The highest BCUT2D eigenvalue weighted by atomic mass is 35.5. The molecule has 1 fully saturated rings. The summed E-state index contributed by atoms with van der Waals surface area (Å²) in [5.41, 5.74) is 5.62. The molecule has 132 valence electrons. The summed E-state index contributed by atoms with van der Waals surface area (Å²) in [6.07, 6.45) is 1.43. The summed E-state index contributed by atoms with van der Waals surface area (Å²) in [5, 5.41) is 2.71. The summed E-state index contributed by atoms with van der Waals surface area (Å²) < 4.78 is 27.2. The smallest absolute Gasteiger partial charge is 0.252 e. The van der Waals surface area contributed by atoms with Crippen LogP contribution in [0.3, 0.4) is 0 Å². The molecule has 0 aromatic carbocycles. The number of nitrogens with zero attached hydrogens (tertiary/aromatic N) is 1. The molecule has 1 amide bonds. The predicted molar refractivity (Wildman–Crippen MR) is 94.5 cm³/mol. The molecule has 2 heterocycles. The number of nitrogens with two attached hydrogens (primary N) is 1. The number of hydrogen-bond donors (Lipinski definition) is 2. The fraction of sp³-hybridized carbons (Fsp3) is 0.643. The number of amides is 1. The number of carbonyl (C=O) groups is 1. The Morgan fingerprint density at radius 3 is 2.74 bits per heavy atom. The van der Waals surface area contributed by atoms with Crippen molar-refractivity contribution < 1.29 is 13.2 Å². The lowest BCUT2D eigenvalue weighted by Crippen LogP contribution is -2.34. The van der Waals surface area contributed by atoms with E-state index < -0.39 is 10.0 Å². The Kier molecular flexibility index (Phi) is 7.03. The first-order chi connectivity index (χ1) is 10.3. The number of hydrogen-bond acceptors (Lipinski definition) is 5. The molecular formula is C14H24ClN3O3S2. The molecule has 1 aromatic rings. The number of sulfonamides is 1. The molecular weight excluding hydrogens is 358 g/mol. The summed E-state index contributed by atoms with van der Waals surface area (Å²) in [6, 6.07) is 3.47. The van der Waals surface area contributed by atoms with Crippen LogP contribution in [0.4, 0.5) is 0 Å². The van der Waals surface area contributed by atoms with Crippen molar-refractivity contribution in [2.45, 2.75) is 30.9 Å². The molecule has 0 aliphatic carbocycles. The predicted octanol–water partition coefficient (Wildman–Crippen LogP) is 1.21. The largest absolute Gasteiger partial charge is 0.356 e. The molecule has 6 nitrogen and oxygen atoms in total. The first-order valence-electron chi connectivity index (χ1n) is 7.30. The van der Waals surface area contributed by atoms with Crippen molar-refractivity contribution in [3.8, 4) is 0 Å². The van der Waals surface area contributed by atoms with Crippen LogP contribution < -0.4 is 11.1 Å². The third kappa shape index (κ3) is 4.90. The molecule has 1 aliphatic rings. The van der Waals surface area contributed by atoms with E-state index in [1.807, 2.05) is 13.0 Å². The van der Waals surface area contributed by atoms with Crippen molar-refractivity contribution in [1.29, 1.82) is 0 Å². The number of halogens is 1. The fourth-order valence-electron chi connectivity index (χ4n) is 2.47. The van der Waals surface area contributed by atoms with Crippen LogP contribution in [0.5, 0.6) is 0 Å². The molecule has 2 rings (SSSR count). The maximum Gasteiger partial charge on any atom is 0.252 e. The van der Waals surface area contributed by atoms with E-state index >= 15 is 0 Å². The van der Waals surface area contributed by atoms with Gasteiger partial charge in [0.05, 0.1) is 0 Å². The fourth-order valence-corrected chi connectivity index (χ4v) is 5.57. The zero-order valence-electron chi connectivity index (χ0n) is 13.4. The van der Waals surface area contributed by atoms with Crippen molar-refractivity contribution in [1.82, 2.24) is 9.62 Å². The monoisotopic (exact) mass is 381 g/mol. The van der Waals surface area contributed by atoms with Gasteiger partial charge in [-0.05, 0) is 36.9 Å². The second kappa shape index (κ2) is 7.94. The topological polar surface area (TPSA) is 92.5 Å². The Hall–Kier alpha value is -0.670. The maximum absolute atomic E-state index is 12.7. The van der Waals surface area contributed by atoms with Crippen molar-refractivity contribution in [3.05, 3.63) is 17.0 Å². The van der Waals surface area contributed by atoms with E-state index in [1.54, 1.807) is 6.07 Å². The summed E-state index contributed by atoms with van der Waals surface area (Å²) in [4.78, 5) is 11.8. The van der Waals surface area contributed by atoms with Gasteiger partial charge < -0.3 is 11.1 Å². The Labute approximate surface area is 147 Å². The maximum atomic E-state index is 12.7. The number of nitrogens with one attached hydrogen (secondary N) is 1. The van der Waals surface area contributed by atoms with Gasteiger partial charge >= 0.3 is 0 Å². The number of rotatable bonds is 6. The van der Waals surface area contributed by atoms with Gasteiger partial charge in [-0.3, -0.25) is 4.79 Å². The van der Waals surface area contributed by atoms with Gasteiger partial charge in [0.1, 0.15) is 4.21 Å². The Morgan fingerprint density at radius 2 is 2.17 bits per heavy atom. The van der Waals surface area contributed by atoms with Gasteiger partial charge in [0.25, 0.3) is 10.0 Å². The second-order valence-electron chi connectivity index (χ2n) is 6.06. The van der Waals surface area contributed by atoms with E-state index in [4.69, 9.17) is 5.73 Å². The second-order valence-corrected chi connectivity index (χ2v) is 9.39. The molecule has 1 aromatic heterocycles. The van der Waals surface area contributed by atoms with Crippen molar-refractivity contribution in [2.75, 3.05) is 26.2 Å². The first kappa shape index (κ1) is 20.4. The minimum Gasteiger partial charge on any atom is -0.356 e. The molecule has 0 spiro atoms. The molecule has 1 aliphatic heterocycles.